The van der Waals surface area contributed by atoms with Gasteiger partial charge in [-0.05, 0) is 31.2 Å². The molecule has 3 aromatic rings. The summed E-state index contributed by atoms with van der Waals surface area (Å²) in [6.07, 6.45) is 0. The van der Waals surface area contributed by atoms with Gasteiger partial charge in [0.15, 0.2) is 0 Å². The van der Waals surface area contributed by atoms with E-state index in [4.69, 9.17) is 19.2 Å². The number of carbonyl (C=O) groups excluding carboxylic acids is 1. The first-order valence-corrected chi connectivity index (χ1v) is 12.5. The Bertz CT molecular complexity index is 1260. The lowest BCUT2D eigenvalue weighted by molar-refractivity contribution is 0.0735. The van der Waals surface area contributed by atoms with E-state index in [9.17, 15) is 4.79 Å². The number of aromatic nitrogens is 4. The van der Waals surface area contributed by atoms with Crippen molar-refractivity contribution in [1.29, 1.82) is 0 Å². The molecule has 0 aliphatic carbocycles. The van der Waals surface area contributed by atoms with E-state index in [1.165, 1.54) is 0 Å². The maximum atomic E-state index is 13.4. The van der Waals surface area contributed by atoms with E-state index in [-0.39, 0.29) is 5.91 Å². The van der Waals surface area contributed by atoms with Gasteiger partial charge in [-0.1, -0.05) is 0 Å². The summed E-state index contributed by atoms with van der Waals surface area (Å²) in [5.41, 5.74) is 2.89. The van der Waals surface area contributed by atoms with Gasteiger partial charge in [-0.2, -0.15) is 10.1 Å². The number of rotatable bonds is 6. The molecule has 11 heteroatoms. The molecular formula is C26H33N7O4. The highest BCUT2D eigenvalue weighted by atomic mass is 16.5. The zero-order valence-corrected chi connectivity index (χ0v) is 21.8. The number of morpholine rings is 1. The van der Waals surface area contributed by atoms with Crippen LogP contribution in [0.1, 0.15) is 16.2 Å². The highest BCUT2D eigenvalue weighted by Crippen LogP contribution is 2.33. The normalized spacial score (nSPS) is 16.2. The second-order valence-electron chi connectivity index (χ2n) is 9.15. The molecule has 2 saturated heterocycles. The van der Waals surface area contributed by atoms with Crippen LogP contribution >= 0.6 is 0 Å². The van der Waals surface area contributed by atoms with Crippen LogP contribution in [-0.4, -0.2) is 97.3 Å². The van der Waals surface area contributed by atoms with Crippen molar-refractivity contribution in [3.63, 3.8) is 0 Å². The standard InChI is InChI=1S/C26H33N7O4/c1-18-15-24(28-26(27-18)33-11-13-37-14-12-33)31-7-9-32(10-8-31)25(34)22-17-21(29-30(22)2)20-16-19(35-3)5-6-23(20)36-4/h5-6,15-17H,7-14H2,1-4H3. The van der Waals surface area contributed by atoms with Crippen LogP contribution in [0.15, 0.2) is 30.3 Å². The van der Waals surface area contributed by atoms with Crippen molar-refractivity contribution in [3.05, 3.63) is 41.7 Å². The van der Waals surface area contributed by atoms with Crippen molar-refractivity contribution in [2.45, 2.75) is 6.92 Å². The quantitative estimate of drug-likeness (QED) is 0.496. The smallest absolute Gasteiger partial charge is 0.272 e. The molecule has 0 saturated carbocycles. The van der Waals surface area contributed by atoms with Crippen molar-refractivity contribution < 1.29 is 19.0 Å². The van der Waals surface area contributed by atoms with Gasteiger partial charge in [-0.3, -0.25) is 9.48 Å². The number of carbonyl (C=O) groups is 1. The van der Waals surface area contributed by atoms with Gasteiger partial charge in [0.2, 0.25) is 5.95 Å². The zero-order chi connectivity index (χ0) is 25.9. The van der Waals surface area contributed by atoms with Gasteiger partial charge < -0.3 is 28.9 Å². The summed E-state index contributed by atoms with van der Waals surface area (Å²) in [5.74, 6) is 2.96. The third-order valence-corrected chi connectivity index (χ3v) is 6.80. The predicted molar refractivity (Wildman–Crippen MR) is 140 cm³/mol. The lowest BCUT2D eigenvalue weighted by Gasteiger charge is -2.36. The molecule has 0 spiro atoms. The maximum absolute atomic E-state index is 13.4. The molecule has 0 atom stereocenters. The first-order valence-electron chi connectivity index (χ1n) is 12.5. The predicted octanol–water partition coefficient (Wildman–Crippen LogP) is 2.00. The molecule has 11 nitrogen and oxygen atoms in total. The number of anilines is 2. The lowest BCUT2D eigenvalue weighted by atomic mass is 10.1. The van der Waals surface area contributed by atoms with E-state index < -0.39 is 0 Å². The third-order valence-electron chi connectivity index (χ3n) is 6.80. The van der Waals surface area contributed by atoms with Crippen molar-refractivity contribution >= 4 is 17.7 Å². The molecule has 0 bridgehead atoms. The van der Waals surface area contributed by atoms with E-state index in [1.54, 1.807) is 25.9 Å². The van der Waals surface area contributed by atoms with Gasteiger partial charge in [0, 0.05) is 63.6 Å². The van der Waals surface area contributed by atoms with Gasteiger partial charge in [0.1, 0.15) is 23.0 Å². The van der Waals surface area contributed by atoms with Crippen LogP contribution in [0.25, 0.3) is 11.3 Å². The summed E-state index contributed by atoms with van der Waals surface area (Å²) in [5, 5.41) is 4.60. The van der Waals surface area contributed by atoms with Gasteiger partial charge in [0.25, 0.3) is 5.91 Å². The number of piperazine rings is 1. The minimum Gasteiger partial charge on any atom is -0.497 e. The number of nitrogens with zero attached hydrogens (tertiary/aromatic N) is 7. The van der Waals surface area contributed by atoms with Crippen molar-refractivity contribution in [3.8, 4) is 22.8 Å². The van der Waals surface area contributed by atoms with Gasteiger partial charge in [-0.25, -0.2) is 4.98 Å². The average molecular weight is 508 g/mol. The number of hydrogen-bond acceptors (Lipinski definition) is 9. The second kappa shape index (κ2) is 10.6. The highest BCUT2D eigenvalue weighted by molar-refractivity contribution is 5.94. The van der Waals surface area contributed by atoms with Gasteiger partial charge >= 0.3 is 0 Å². The first kappa shape index (κ1) is 24.8. The van der Waals surface area contributed by atoms with Crippen LogP contribution in [-0.2, 0) is 11.8 Å². The Morgan fingerprint density at radius 2 is 1.68 bits per heavy atom. The molecule has 0 radical (unpaired) electrons. The van der Waals surface area contributed by atoms with Crippen LogP contribution in [0.2, 0.25) is 0 Å². The summed E-state index contributed by atoms with van der Waals surface area (Å²) in [6.45, 7) is 7.53. The number of ether oxygens (including phenoxy) is 3. The lowest BCUT2D eigenvalue weighted by Crippen LogP contribution is -2.49. The fourth-order valence-corrected chi connectivity index (χ4v) is 4.72. The SMILES string of the molecule is COc1ccc(OC)c(-c2cc(C(=O)N3CCN(c4cc(C)nc(N5CCOCC5)n4)CC3)n(C)n2)c1. The van der Waals surface area contributed by atoms with Crippen LogP contribution in [0.5, 0.6) is 11.5 Å². The van der Waals surface area contributed by atoms with Gasteiger partial charge in [0.05, 0.1) is 33.1 Å². The summed E-state index contributed by atoms with van der Waals surface area (Å²) in [7, 11) is 5.02. The summed E-state index contributed by atoms with van der Waals surface area (Å²) < 4.78 is 18.0. The minimum atomic E-state index is -0.0457. The molecule has 4 heterocycles. The number of benzene rings is 1. The number of hydrogen-bond donors (Lipinski definition) is 0. The molecule has 2 fully saturated rings. The highest BCUT2D eigenvalue weighted by Gasteiger charge is 2.27. The molecule has 1 aromatic carbocycles. The Labute approximate surface area is 216 Å². The fraction of sp³-hybridized carbons (Fsp3) is 0.462. The summed E-state index contributed by atoms with van der Waals surface area (Å²) in [6, 6.07) is 9.36. The van der Waals surface area contributed by atoms with Crippen molar-refractivity contribution in [1.82, 2.24) is 24.6 Å². The van der Waals surface area contributed by atoms with Crippen molar-refractivity contribution in [2.75, 3.05) is 76.5 Å². The monoisotopic (exact) mass is 507 g/mol. The third kappa shape index (κ3) is 5.17. The van der Waals surface area contributed by atoms with Gasteiger partial charge in [-0.15, -0.1) is 0 Å². The van der Waals surface area contributed by atoms with Crippen LogP contribution in [0.3, 0.4) is 0 Å². The summed E-state index contributed by atoms with van der Waals surface area (Å²) in [4.78, 5) is 29.2. The Balaban J connectivity index is 1.29. The first-order chi connectivity index (χ1) is 18.0. The molecule has 0 unspecified atom stereocenters. The Morgan fingerprint density at radius 1 is 0.919 bits per heavy atom. The zero-order valence-electron chi connectivity index (χ0n) is 21.8. The number of amides is 1. The molecule has 37 heavy (non-hydrogen) atoms. The largest absolute Gasteiger partial charge is 0.497 e. The minimum absolute atomic E-state index is 0.0457. The van der Waals surface area contributed by atoms with E-state index in [0.29, 0.717) is 62.3 Å². The summed E-state index contributed by atoms with van der Waals surface area (Å²) >= 11 is 0. The molecule has 2 aromatic heterocycles. The molecule has 5 rings (SSSR count). The van der Waals surface area contributed by atoms with Crippen LogP contribution in [0.4, 0.5) is 11.8 Å². The number of methoxy groups -OCH3 is 2. The fourth-order valence-electron chi connectivity index (χ4n) is 4.72. The Kier molecular flexibility index (Phi) is 7.13. The maximum Gasteiger partial charge on any atom is 0.272 e. The van der Waals surface area contributed by atoms with Crippen molar-refractivity contribution in [2.24, 2.45) is 7.05 Å². The van der Waals surface area contributed by atoms with E-state index in [2.05, 4.69) is 19.9 Å². The van der Waals surface area contributed by atoms with E-state index in [1.807, 2.05) is 42.2 Å². The van der Waals surface area contributed by atoms with E-state index in [0.717, 1.165) is 36.1 Å². The van der Waals surface area contributed by atoms with Crippen LogP contribution < -0.4 is 19.3 Å². The average Bonchev–Trinajstić information content (AvgIpc) is 3.33. The number of aryl methyl sites for hydroxylation is 2. The molecule has 0 N–H and O–H groups in total. The molecule has 2 aliphatic heterocycles. The molecule has 1 amide bonds. The molecule has 2 aliphatic rings. The molecule has 196 valence electrons. The second-order valence-corrected chi connectivity index (χ2v) is 9.15. The molecular weight excluding hydrogens is 474 g/mol. The van der Waals surface area contributed by atoms with E-state index >= 15 is 0 Å². The van der Waals surface area contributed by atoms with Crippen LogP contribution in [0, 0.1) is 6.92 Å². The topological polar surface area (TPSA) is 98.1 Å². The Hall–Kier alpha value is -3.86. The Morgan fingerprint density at radius 3 is 2.38 bits per heavy atom.